The number of hydrogen-bond donors (Lipinski definition) is 0. The van der Waals surface area contributed by atoms with Crippen LogP contribution in [0.15, 0.2) is 126 Å². The number of rotatable bonds is 2. The van der Waals surface area contributed by atoms with E-state index in [9.17, 15) is 0 Å². The third-order valence-electron chi connectivity index (χ3n) is 7.27. The van der Waals surface area contributed by atoms with E-state index < -0.39 is 0 Å². The van der Waals surface area contributed by atoms with Crippen molar-refractivity contribution < 1.29 is 4.42 Å². The molecule has 0 atom stereocenters. The van der Waals surface area contributed by atoms with Crippen molar-refractivity contribution in [2.75, 3.05) is 0 Å². The summed E-state index contributed by atoms with van der Waals surface area (Å²) in [5, 5.41) is 8.17. The summed E-state index contributed by atoms with van der Waals surface area (Å²) >= 11 is 0. The Balaban J connectivity index is 1.57. The molecule has 0 fully saturated rings. The van der Waals surface area contributed by atoms with Crippen molar-refractivity contribution in [2.45, 2.75) is 0 Å². The van der Waals surface area contributed by atoms with E-state index in [1.54, 1.807) is 0 Å². The molecule has 0 unspecified atom stereocenters. The molecule has 0 aliphatic heterocycles. The second-order valence-electron chi connectivity index (χ2n) is 9.28. The first-order chi connectivity index (χ1) is 17.8. The molecule has 36 heavy (non-hydrogen) atoms. The summed E-state index contributed by atoms with van der Waals surface area (Å²) in [6.07, 6.45) is 5.91. The Morgan fingerprint density at radius 1 is 0.639 bits per heavy atom. The van der Waals surface area contributed by atoms with E-state index in [2.05, 4.69) is 101 Å². The molecule has 3 heterocycles. The summed E-state index contributed by atoms with van der Waals surface area (Å²) in [6, 6.07) is 36.4. The minimum Gasteiger partial charge on any atom is -0.455 e. The van der Waals surface area contributed by atoms with Gasteiger partial charge in [-0.3, -0.25) is 4.98 Å². The Hall–Kier alpha value is -4.89. The van der Waals surface area contributed by atoms with E-state index in [-0.39, 0.29) is 0 Å². The fourth-order valence-corrected chi connectivity index (χ4v) is 5.62. The second kappa shape index (κ2) is 7.30. The monoisotopic (exact) mass is 460 g/mol. The maximum absolute atomic E-state index is 6.55. The summed E-state index contributed by atoms with van der Waals surface area (Å²) in [5.41, 5.74) is 6.43. The quantitative estimate of drug-likeness (QED) is 0.241. The molecular weight excluding hydrogens is 440 g/mol. The number of aromatic nitrogens is 2. The molecule has 0 saturated carbocycles. The highest BCUT2D eigenvalue weighted by atomic mass is 16.3. The number of benzene rings is 5. The van der Waals surface area contributed by atoms with Crippen molar-refractivity contribution in [1.82, 2.24) is 9.55 Å². The van der Waals surface area contributed by atoms with E-state index in [4.69, 9.17) is 4.42 Å². The number of furan rings is 1. The molecule has 0 spiro atoms. The van der Waals surface area contributed by atoms with E-state index in [1.807, 2.05) is 30.6 Å². The van der Waals surface area contributed by atoms with Crippen molar-refractivity contribution in [3.8, 4) is 16.8 Å². The van der Waals surface area contributed by atoms with E-state index in [0.29, 0.717) is 0 Å². The predicted octanol–water partition coefficient (Wildman–Crippen LogP) is 8.90. The highest BCUT2D eigenvalue weighted by Crippen LogP contribution is 2.42. The molecule has 3 aromatic heterocycles. The van der Waals surface area contributed by atoms with Crippen LogP contribution >= 0.6 is 0 Å². The molecule has 5 aromatic carbocycles. The fraction of sp³-hybridized carbons (Fsp3) is 0. The number of pyridine rings is 1. The smallest absolute Gasteiger partial charge is 0.143 e. The van der Waals surface area contributed by atoms with Crippen LogP contribution in [0.4, 0.5) is 0 Å². The minimum absolute atomic E-state index is 0.911. The molecule has 8 aromatic rings. The Labute approximate surface area is 206 Å². The average molecular weight is 461 g/mol. The van der Waals surface area contributed by atoms with Crippen molar-refractivity contribution in [3.63, 3.8) is 0 Å². The summed E-state index contributed by atoms with van der Waals surface area (Å²) in [7, 11) is 0. The van der Waals surface area contributed by atoms with Gasteiger partial charge in [0, 0.05) is 51.4 Å². The van der Waals surface area contributed by atoms with Gasteiger partial charge in [-0.1, -0.05) is 48.5 Å². The number of para-hydroxylation sites is 2. The zero-order valence-electron chi connectivity index (χ0n) is 19.3. The molecule has 0 amide bonds. The van der Waals surface area contributed by atoms with Crippen LogP contribution in [-0.2, 0) is 0 Å². The first kappa shape index (κ1) is 19.4. The van der Waals surface area contributed by atoms with Crippen LogP contribution in [0.1, 0.15) is 0 Å². The van der Waals surface area contributed by atoms with Crippen molar-refractivity contribution >= 4 is 54.4 Å². The molecule has 0 aliphatic rings. The van der Waals surface area contributed by atoms with Crippen LogP contribution in [-0.4, -0.2) is 9.55 Å². The minimum atomic E-state index is 0.911. The maximum atomic E-state index is 6.55. The van der Waals surface area contributed by atoms with Crippen LogP contribution in [0.3, 0.4) is 0 Å². The van der Waals surface area contributed by atoms with Gasteiger partial charge < -0.3 is 8.98 Å². The average Bonchev–Trinajstić information content (AvgIpc) is 3.53. The molecule has 8 rings (SSSR count). The molecule has 3 nitrogen and oxygen atoms in total. The lowest BCUT2D eigenvalue weighted by molar-refractivity contribution is 0.673. The maximum Gasteiger partial charge on any atom is 0.143 e. The first-order valence-corrected chi connectivity index (χ1v) is 12.1. The zero-order valence-corrected chi connectivity index (χ0v) is 19.3. The van der Waals surface area contributed by atoms with Crippen LogP contribution in [0, 0.1) is 0 Å². The standard InChI is InChI=1S/C33H20N2O/c1-2-8-24(9-3-1)35-16-14-21-17-23-18-28(22-7-6-15-34-20-22)26-12-13-27-25-10-4-5-11-31(25)36-33(27)32(26)29(23)19-30(21)35/h1-20H. The van der Waals surface area contributed by atoms with E-state index in [1.165, 1.54) is 27.1 Å². The summed E-state index contributed by atoms with van der Waals surface area (Å²) in [4.78, 5) is 4.41. The summed E-state index contributed by atoms with van der Waals surface area (Å²) in [5.74, 6) is 0. The van der Waals surface area contributed by atoms with Gasteiger partial charge in [0.1, 0.15) is 11.2 Å². The van der Waals surface area contributed by atoms with Gasteiger partial charge in [0.05, 0.1) is 5.52 Å². The Morgan fingerprint density at radius 2 is 1.50 bits per heavy atom. The van der Waals surface area contributed by atoms with Gasteiger partial charge in [0.15, 0.2) is 0 Å². The molecule has 3 heteroatoms. The molecule has 0 N–H and O–H groups in total. The Morgan fingerprint density at radius 3 is 2.39 bits per heavy atom. The molecule has 0 saturated heterocycles. The van der Waals surface area contributed by atoms with Gasteiger partial charge in [-0.25, -0.2) is 0 Å². The third-order valence-corrected chi connectivity index (χ3v) is 7.27. The van der Waals surface area contributed by atoms with Gasteiger partial charge in [-0.2, -0.15) is 0 Å². The largest absolute Gasteiger partial charge is 0.455 e. The van der Waals surface area contributed by atoms with Crippen molar-refractivity contribution in [3.05, 3.63) is 122 Å². The lowest BCUT2D eigenvalue weighted by Crippen LogP contribution is -1.91. The number of hydrogen-bond acceptors (Lipinski definition) is 2. The molecule has 168 valence electrons. The highest BCUT2D eigenvalue weighted by molar-refractivity contribution is 6.27. The Kier molecular flexibility index (Phi) is 3.94. The number of nitrogens with zero attached hydrogens (tertiary/aromatic N) is 2. The van der Waals surface area contributed by atoms with Gasteiger partial charge in [0.25, 0.3) is 0 Å². The predicted molar refractivity (Wildman–Crippen MR) is 149 cm³/mol. The first-order valence-electron chi connectivity index (χ1n) is 12.1. The van der Waals surface area contributed by atoms with Crippen molar-refractivity contribution in [1.29, 1.82) is 0 Å². The third kappa shape index (κ3) is 2.71. The lowest BCUT2D eigenvalue weighted by atomic mass is 9.92. The van der Waals surface area contributed by atoms with E-state index >= 15 is 0 Å². The highest BCUT2D eigenvalue weighted by Gasteiger charge is 2.17. The normalized spacial score (nSPS) is 11.9. The molecular formula is C33H20N2O. The van der Waals surface area contributed by atoms with Gasteiger partial charge in [-0.15, -0.1) is 0 Å². The van der Waals surface area contributed by atoms with Crippen LogP contribution < -0.4 is 0 Å². The van der Waals surface area contributed by atoms with Gasteiger partial charge in [-0.05, 0) is 76.3 Å². The number of fused-ring (bicyclic) bond motifs is 8. The summed E-state index contributed by atoms with van der Waals surface area (Å²) in [6.45, 7) is 0. The summed E-state index contributed by atoms with van der Waals surface area (Å²) < 4.78 is 8.81. The second-order valence-corrected chi connectivity index (χ2v) is 9.28. The van der Waals surface area contributed by atoms with Crippen LogP contribution in [0.2, 0.25) is 0 Å². The Bertz CT molecular complexity index is 2080. The van der Waals surface area contributed by atoms with Gasteiger partial charge >= 0.3 is 0 Å². The van der Waals surface area contributed by atoms with Gasteiger partial charge in [0.2, 0.25) is 0 Å². The van der Waals surface area contributed by atoms with Crippen molar-refractivity contribution in [2.24, 2.45) is 0 Å². The van der Waals surface area contributed by atoms with E-state index in [0.717, 1.165) is 44.1 Å². The zero-order chi connectivity index (χ0) is 23.6. The van der Waals surface area contributed by atoms with Crippen LogP contribution in [0.25, 0.3) is 71.2 Å². The fourth-order valence-electron chi connectivity index (χ4n) is 5.62. The molecule has 0 aliphatic carbocycles. The van der Waals surface area contributed by atoms with Crippen LogP contribution in [0.5, 0.6) is 0 Å². The topological polar surface area (TPSA) is 31.0 Å². The SMILES string of the molecule is c1ccc(-n2ccc3cc4cc(-c5cccnc5)c5ccc6c7ccccc7oc6c5c4cc32)cc1. The molecule has 0 bridgehead atoms. The lowest BCUT2D eigenvalue weighted by Gasteiger charge is -2.13. The molecule has 0 radical (unpaired) electrons.